The minimum Gasteiger partial charge on any atom is -0.480 e. The molecule has 4 N–H and O–H groups in total. The Bertz CT molecular complexity index is 1410. The maximum atomic E-state index is 13.0. The molecule has 0 radical (unpaired) electrons. The van der Waals surface area contributed by atoms with Gasteiger partial charge in [-0.1, -0.05) is 37.3 Å². The lowest BCUT2D eigenvalue weighted by Crippen LogP contribution is -2.52. The van der Waals surface area contributed by atoms with Crippen LogP contribution in [0.4, 0.5) is 4.79 Å². The van der Waals surface area contributed by atoms with E-state index in [1.165, 1.54) is 0 Å². The first-order chi connectivity index (χ1) is 16.4. The number of carbonyl (C=O) groups is 2. The summed E-state index contributed by atoms with van der Waals surface area (Å²) in [6.07, 6.45) is 3.04. The van der Waals surface area contributed by atoms with Crippen molar-refractivity contribution in [3.8, 4) is 0 Å². The molecule has 0 saturated carbocycles. The first-order valence-electron chi connectivity index (χ1n) is 11.5. The van der Waals surface area contributed by atoms with Crippen LogP contribution < -0.4 is 11.0 Å². The Morgan fingerprint density at radius 3 is 2.47 bits per heavy atom. The van der Waals surface area contributed by atoms with Crippen LogP contribution in [-0.2, 0) is 4.79 Å². The lowest BCUT2D eigenvalue weighted by atomic mass is 9.93. The van der Waals surface area contributed by atoms with E-state index >= 15 is 0 Å². The molecule has 9 nitrogen and oxygen atoms in total. The number of hydrogen-bond acceptors (Lipinski definition) is 3. The number of amides is 2. The molecule has 0 bridgehead atoms. The number of imidazole rings is 1. The summed E-state index contributed by atoms with van der Waals surface area (Å²) in [6, 6.07) is 13.8. The van der Waals surface area contributed by atoms with E-state index in [-0.39, 0.29) is 11.7 Å². The molecule has 0 aliphatic carbocycles. The molecular formula is C25H27N5O4. The number of carboxylic acid groups (broad SMARTS) is 1. The number of urea groups is 1. The number of benzene rings is 2. The van der Waals surface area contributed by atoms with Crippen molar-refractivity contribution in [3.63, 3.8) is 0 Å². The molecule has 2 atom stereocenters. The number of hydrogen-bond donors (Lipinski definition) is 4. The summed E-state index contributed by atoms with van der Waals surface area (Å²) in [7, 11) is 0. The highest BCUT2D eigenvalue weighted by molar-refractivity contribution is 5.87. The summed E-state index contributed by atoms with van der Waals surface area (Å²) < 4.78 is 1.77. The summed E-state index contributed by atoms with van der Waals surface area (Å²) in [5.74, 6) is -1.51. The first kappa shape index (κ1) is 21.8. The zero-order valence-electron chi connectivity index (χ0n) is 18.8. The zero-order chi connectivity index (χ0) is 23.8. The Kier molecular flexibility index (Phi) is 5.61. The number of aromatic nitrogens is 3. The van der Waals surface area contributed by atoms with Crippen molar-refractivity contribution < 1.29 is 14.7 Å². The van der Waals surface area contributed by atoms with Gasteiger partial charge in [-0.15, -0.1) is 0 Å². The van der Waals surface area contributed by atoms with E-state index < -0.39 is 24.0 Å². The molecule has 34 heavy (non-hydrogen) atoms. The van der Waals surface area contributed by atoms with Crippen molar-refractivity contribution in [1.29, 1.82) is 0 Å². The van der Waals surface area contributed by atoms with Crippen LogP contribution in [0.3, 0.4) is 0 Å². The summed E-state index contributed by atoms with van der Waals surface area (Å²) in [6.45, 7) is 2.69. The smallest absolute Gasteiger partial charge is 0.326 e. The Balaban J connectivity index is 1.28. The molecule has 1 aliphatic rings. The minimum absolute atomic E-state index is 0.0203. The normalized spacial score (nSPS) is 16.6. The van der Waals surface area contributed by atoms with Gasteiger partial charge in [-0.3, -0.25) is 4.57 Å². The largest absolute Gasteiger partial charge is 0.480 e. The molecule has 2 aromatic carbocycles. The fourth-order valence-corrected chi connectivity index (χ4v) is 5.04. The number of aliphatic carboxylic acids is 1. The van der Waals surface area contributed by atoms with E-state index in [4.69, 9.17) is 0 Å². The highest BCUT2D eigenvalue weighted by Crippen LogP contribution is 2.29. The molecule has 0 spiro atoms. The zero-order valence-corrected chi connectivity index (χ0v) is 18.8. The Labute approximate surface area is 195 Å². The number of rotatable bonds is 5. The molecule has 9 heteroatoms. The van der Waals surface area contributed by atoms with Crippen LogP contribution in [0.5, 0.6) is 0 Å². The third-order valence-electron chi connectivity index (χ3n) is 6.90. The molecule has 4 aromatic rings. The van der Waals surface area contributed by atoms with Gasteiger partial charge in [-0.05, 0) is 36.6 Å². The van der Waals surface area contributed by atoms with Gasteiger partial charge in [0.15, 0.2) is 0 Å². The predicted molar refractivity (Wildman–Crippen MR) is 129 cm³/mol. The Hall–Kier alpha value is -4.01. The number of aromatic amines is 2. The highest BCUT2D eigenvalue weighted by Gasteiger charge is 2.32. The van der Waals surface area contributed by atoms with Crippen molar-refractivity contribution in [1.82, 2.24) is 24.8 Å². The number of fused-ring (bicyclic) bond motifs is 2. The van der Waals surface area contributed by atoms with Crippen LogP contribution in [0.15, 0.2) is 59.5 Å². The number of nitrogens with zero attached hydrogens (tertiary/aromatic N) is 2. The second-order valence-electron chi connectivity index (χ2n) is 8.88. The average molecular weight is 462 g/mol. The van der Waals surface area contributed by atoms with Crippen molar-refractivity contribution in [3.05, 3.63) is 70.8 Å². The monoisotopic (exact) mass is 461 g/mol. The van der Waals surface area contributed by atoms with Crippen molar-refractivity contribution >= 4 is 33.9 Å². The quantitative estimate of drug-likeness (QED) is 0.364. The van der Waals surface area contributed by atoms with Crippen LogP contribution in [0.2, 0.25) is 0 Å². The number of piperidine rings is 1. The molecule has 3 heterocycles. The maximum Gasteiger partial charge on any atom is 0.326 e. The molecule has 5 rings (SSSR count). The molecule has 1 saturated heterocycles. The third-order valence-corrected chi connectivity index (χ3v) is 6.90. The van der Waals surface area contributed by atoms with Crippen LogP contribution >= 0.6 is 0 Å². The predicted octanol–water partition coefficient (Wildman–Crippen LogP) is 3.41. The van der Waals surface area contributed by atoms with Crippen molar-refractivity contribution in [2.75, 3.05) is 13.1 Å². The van der Waals surface area contributed by atoms with Crippen LogP contribution in [0, 0.1) is 0 Å². The summed E-state index contributed by atoms with van der Waals surface area (Å²) in [5.41, 5.74) is 3.27. The maximum absolute atomic E-state index is 13.0. The first-order valence-corrected chi connectivity index (χ1v) is 11.5. The lowest BCUT2D eigenvalue weighted by molar-refractivity contribution is -0.139. The van der Waals surface area contributed by atoms with Crippen molar-refractivity contribution in [2.45, 2.75) is 37.8 Å². The van der Waals surface area contributed by atoms with Crippen LogP contribution in [0.25, 0.3) is 21.9 Å². The van der Waals surface area contributed by atoms with Crippen molar-refractivity contribution in [2.24, 2.45) is 0 Å². The van der Waals surface area contributed by atoms with Gasteiger partial charge in [0.2, 0.25) is 0 Å². The van der Waals surface area contributed by atoms with Crippen LogP contribution in [0.1, 0.15) is 37.3 Å². The van der Waals surface area contributed by atoms with E-state index in [0.29, 0.717) is 25.9 Å². The fourth-order valence-electron chi connectivity index (χ4n) is 5.04. The summed E-state index contributed by atoms with van der Waals surface area (Å²) in [5, 5.41) is 13.5. The molecular weight excluding hydrogens is 434 g/mol. The van der Waals surface area contributed by atoms with E-state index in [2.05, 4.69) is 15.3 Å². The summed E-state index contributed by atoms with van der Waals surface area (Å²) in [4.78, 5) is 45.3. The number of nitrogens with one attached hydrogen (secondary N) is 3. The number of H-pyrrole nitrogens is 2. The lowest BCUT2D eigenvalue weighted by Gasteiger charge is -2.34. The summed E-state index contributed by atoms with van der Waals surface area (Å²) >= 11 is 0. The molecule has 1 fully saturated rings. The van der Waals surface area contributed by atoms with E-state index in [9.17, 15) is 19.5 Å². The molecule has 2 amide bonds. The van der Waals surface area contributed by atoms with E-state index in [1.54, 1.807) is 9.47 Å². The topological polar surface area (TPSA) is 123 Å². The van der Waals surface area contributed by atoms with Gasteiger partial charge in [0.25, 0.3) is 0 Å². The minimum atomic E-state index is -1.08. The van der Waals surface area contributed by atoms with Gasteiger partial charge < -0.3 is 25.3 Å². The molecule has 0 unspecified atom stereocenters. The number of carbonyl (C=O) groups excluding carboxylic acids is 1. The second-order valence-corrected chi connectivity index (χ2v) is 8.88. The SMILES string of the molecule is C[C@@H](c1c[nH]c2ccccc12)[C@@H](NC(=O)N1CCC(n2c(=O)[nH]c3ccccc32)CC1)C(=O)O. The van der Waals surface area contributed by atoms with Gasteiger partial charge in [0.05, 0.1) is 11.0 Å². The standard InChI is InChI=1S/C25H27N5O4/c1-15(18-14-26-19-7-3-2-6-17(18)19)22(23(31)32)28-24(33)29-12-10-16(11-13-29)30-21-9-5-4-8-20(21)27-25(30)34/h2-9,14-16,22,26H,10-13H2,1H3,(H,27,34)(H,28,33)(H,31,32)/t15-,22+/m0/s1. The van der Waals surface area contributed by atoms with E-state index in [1.807, 2.05) is 61.7 Å². The Morgan fingerprint density at radius 2 is 1.74 bits per heavy atom. The van der Waals surface area contributed by atoms with Crippen LogP contribution in [-0.4, -0.2) is 55.7 Å². The highest BCUT2D eigenvalue weighted by atomic mass is 16.4. The average Bonchev–Trinajstić information content (AvgIpc) is 3.42. The number of para-hydroxylation sites is 3. The van der Waals surface area contributed by atoms with E-state index in [0.717, 1.165) is 27.5 Å². The van der Waals surface area contributed by atoms with Gasteiger partial charge in [-0.2, -0.15) is 0 Å². The number of likely N-dealkylation sites (tertiary alicyclic amines) is 1. The third kappa shape index (κ3) is 3.83. The molecule has 1 aliphatic heterocycles. The van der Waals surface area contributed by atoms with Gasteiger partial charge in [0, 0.05) is 42.1 Å². The number of carboxylic acids is 1. The fraction of sp³-hybridized carbons (Fsp3) is 0.320. The van der Waals surface area contributed by atoms with Gasteiger partial charge in [-0.25, -0.2) is 14.4 Å². The molecule has 2 aromatic heterocycles. The second kappa shape index (κ2) is 8.74. The van der Waals surface area contributed by atoms with Gasteiger partial charge in [0.1, 0.15) is 6.04 Å². The molecule has 176 valence electrons. The van der Waals surface area contributed by atoms with Gasteiger partial charge >= 0.3 is 17.7 Å². The Morgan fingerprint density at radius 1 is 1.06 bits per heavy atom.